The van der Waals surface area contributed by atoms with Crippen LogP contribution in [-0.4, -0.2) is 54.7 Å². The predicted molar refractivity (Wildman–Crippen MR) is 127 cm³/mol. The van der Waals surface area contributed by atoms with Crippen molar-refractivity contribution >= 4 is 38.2 Å². The largest absolute Gasteiger partial charge is 0.339 e. The molecule has 3 aromatic rings. The molecular formula is C24H27N3O3S2. The van der Waals surface area contributed by atoms with Gasteiger partial charge in [0.1, 0.15) is 0 Å². The van der Waals surface area contributed by atoms with E-state index in [0.717, 1.165) is 49.3 Å². The van der Waals surface area contributed by atoms with E-state index in [1.807, 2.05) is 28.5 Å². The standard InChI is InChI=1S/C24H27N3O3S2/c1-17-8-12-27(13-9-17)32(29,30)18-6-7-21-19(15-18)20(24(28)26-10-2-3-11-26)16-22(25-21)23-5-4-14-31-23/h4-7,14-17H,2-3,8-13H2,1H3. The zero-order chi connectivity index (χ0) is 22.3. The highest BCUT2D eigenvalue weighted by Gasteiger charge is 2.29. The summed E-state index contributed by atoms with van der Waals surface area (Å²) in [6.07, 6.45) is 3.74. The molecular weight excluding hydrogens is 442 g/mol. The second kappa shape index (κ2) is 8.57. The number of carbonyl (C=O) groups is 1. The van der Waals surface area contributed by atoms with E-state index < -0.39 is 10.0 Å². The number of aromatic nitrogens is 1. The highest BCUT2D eigenvalue weighted by molar-refractivity contribution is 7.89. The van der Waals surface area contributed by atoms with Gasteiger partial charge in [-0.15, -0.1) is 11.3 Å². The maximum absolute atomic E-state index is 13.4. The first-order chi connectivity index (χ1) is 15.4. The Morgan fingerprint density at radius 1 is 1.06 bits per heavy atom. The lowest BCUT2D eigenvalue weighted by molar-refractivity contribution is 0.0794. The van der Waals surface area contributed by atoms with Gasteiger partial charge in [0, 0.05) is 31.6 Å². The number of likely N-dealkylation sites (tertiary alicyclic amines) is 1. The van der Waals surface area contributed by atoms with Gasteiger partial charge in [0.15, 0.2) is 0 Å². The molecule has 0 radical (unpaired) electrons. The molecule has 4 heterocycles. The lowest BCUT2D eigenvalue weighted by atomic mass is 10.0. The Morgan fingerprint density at radius 3 is 2.50 bits per heavy atom. The Kier molecular flexibility index (Phi) is 5.77. The van der Waals surface area contributed by atoms with Crippen molar-refractivity contribution in [3.05, 3.63) is 47.3 Å². The average molecular weight is 470 g/mol. The second-order valence-electron chi connectivity index (χ2n) is 8.80. The molecule has 0 unspecified atom stereocenters. The third-order valence-electron chi connectivity index (χ3n) is 6.56. The van der Waals surface area contributed by atoms with Crippen LogP contribution < -0.4 is 0 Å². The van der Waals surface area contributed by atoms with E-state index in [1.165, 1.54) is 0 Å². The molecule has 2 aliphatic heterocycles. The topological polar surface area (TPSA) is 70.6 Å². The fraction of sp³-hybridized carbons (Fsp3) is 0.417. The molecule has 6 nitrogen and oxygen atoms in total. The molecule has 0 atom stereocenters. The van der Waals surface area contributed by atoms with Gasteiger partial charge in [-0.1, -0.05) is 13.0 Å². The second-order valence-corrected chi connectivity index (χ2v) is 11.7. The number of fused-ring (bicyclic) bond motifs is 1. The lowest BCUT2D eigenvalue weighted by Gasteiger charge is -2.29. The van der Waals surface area contributed by atoms with Crippen LogP contribution in [0.2, 0.25) is 0 Å². The van der Waals surface area contributed by atoms with Crippen LogP contribution in [0.25, 0.3) is 21.5 Å². The van der Waals surface area contributed by atoms with Crippen molar-refractivity contribution in [2.45, 2.75) is 37.5 Å². The van der Waals surface area contributed by atoms with Crippen molar-refractivity contribution in [3.63, 3.8) is 0 Å². The van der Waals surface area contributed by atoms with Crippen molar-refractivity contribution < 1.29 is 13.2 Å². The minimum Gasteiger partial charge on any atom is -0.339 e. The number of nitrogens with zero attached hydrogens (tertiary/aromatic N) is 3. The molecule has 2 aromatic heterocycles. The third kappa shape index (κ3) is 3.95. The van der Waals surface area contributed by atoms with Crippen LogP contribution in [-0.2, 0) is 10.0 Å². The summed E-state index contributed by atoms with van der Waals surface area (Å²) >= 11 is 1.57. The Hall–Kier alpha value is -2.29. The summed E-state index contributed by atoms with van der Waals surface area (Å²) in [6.45, 7) is 4.71. The Bertz CT molecular complexity index is 1240. The molecule has 32 heavy (non-hydrogen) atoms. The van der Waals surface area contributed by atoms with Crippen molar-refractivity contribution in [3.8, 4) is 10.6 Å². The number of hydrogen-bond donors (Lipinski definition) is 0. The zero-order valence-electron chi connectivity index (χ0n) is 18.2. The highest BCUT2D eigenvalue weighted by atomic mass is 32.2. The van der Waals surface area contributed by atoms with Gasteiger partial charge in [-0.25, -0.2) is 13.4 Å². The van der Waals surface area contributed by atoms with Gasteiger partial charge in [0.2, 0.25) is 10.0 Å². The van der Waals surface area contributed by atoms with E-state index in [2.05, 4.69) is 6.92 Å². The van der Waals surface area contributed by atoms with Crippen LogP contribution in [0.3, 0.4) is 0 Å². The Balaban J connectivity index is 1.62. The fourth-order valence-corrected chi connectivity index (χ4v) is 6.74. The molecule has 2 saturated heterocycles. The Labute approximate surface area is 192 Å². The number of sulfonamides is 1. The first kappa shape index (κ1) is 21.6. The minimum atomic E-state index is -3.61. The number of pyridine rings is 1. The third-order valence-corrected chi connectivity index (χ3v) is 9.34. The molecule has 1 amide bonds. The average Bonchev–Trinajstić information content (AvgIpc) is 3.52. The van der Waals surface area contributed by atoms with Gasteiger partial charge < -0.3 is 4.90 Å². The lowest BCUT2D eigenvalue weighted by Crippen LogP contribution is -2.37. The normalized spacial score (nSPS) is 18.5. The molecule has 0 aliphatic carbocycles. The van der Waals surface area contributed by atoms with Gasteiger partial charge in [-0.05, 0) is 67.3 Å². The molecule has 168 valence electrons. The number of carbonyl (C=O) groups excluding carboxylic acids is 1. The summed E-state index contributed by atoms with van der Waals surface area (Å²) < 4.78 is 28.3. The molecule has 1 aromatic carbocycles. The molecule has 0 N–H and O–H groups in total. The van der Waals surface area contributed by atoms with Gasteiger partial charge in [-0.2, -0.15) is 4.31 Å². The highest BCUT2D eigenvalue weighted by Crippen LogP contribution is 2.32. The monoisotopic (exact) mass is 469 g/mol. The van der Waals surface area contributed by atoms with Crippen molar-refractivity contribution in [1.29, 1.82) is 0 Å². The summed E-state index contributed by atoms with van der Waals surface area (Å²) in [5.74, 6) is 0.497. The van der Waals surface area contributed by atoms with Gasteiger partial charge >= 0.3 is 0 Å². The maximum atomic E-state index is 13.4. The number of thiophene rings is 1. The van der Waals surface area contributed by atoms with Crippen LogP contribution in [0.5, 0.6) is 0 Å². The summed E-state index contributed by atoms with van der Waals surface area (Å²) in [5, 5.41) is 2.59. The molecule has 0 saturated carbocycles. The van der Waals surface area contributed by atoms with Crippen LogP contribution in [0.4, 0.5) is 0 Å². The number of piperidine rings is 1. The first-order valence-corrected chi connectivity index (χ1v) is 13.5. The Morgan fingerprint density at radius 2 is 1.81 bits per heavy atom. The van der Waals surface area contributed by atoms with Crippen molar-refractivity contribution in [1.82, 2.24) is 14.2 Å². The molecule has 2 aliphatic rings. The first-order valence-electron chi connectivity index (χ1n) is 11.2. The summed E-state index contributed by atoms with van der Waals surface area (Å²) in [6, 6.07) is 10.8. The van der Waals surface area contributed by atoms with Crippen molar-refractivity contribution in [2.75, 3.05) is 26.2 Å². The zero-order valence-corrected chi connectivity index (χ0v) is 19.8. The number of benzene rings is 1. The van der Waals surface area contributed by atoms with E-state index in [9.17, 15) is 13.2 Å². The quantitative estimate of drug-likeness (QED) is 0.559. The predicted octanol–water partition coefficient (Wildman–Crippen LogP) is 4.62. The number of hydrogen-bond acceptors (Lipinski definition) is 5. The van der Waals surface area contributed by atoms with Crippen LogP contribution in [0.1, 0.15) is 43.0 Å². The van der Waals surface area contributed by atoms with E-state index in [-0.39, 0.29) is 10.8 Å². The van der Waals surface area contributed by atoms with Crippen LogP contribution in [0.15, 0.2) is 46.7 Å². The molecule has 8 heteroatoms. The number of amides is 1. The summed E-state index contributed by atoms with van der Waals surface area (Å²) in [7, 11) is -3.61. The summed E-state index contributed by atoms with van der Waals surface area (Å²) in [4.78, 5) is 21.3. The smallest absolute Gasteiger partial charge is 0.254 e. The van der Waals surface area contributed by atoms with E-state index in [0.29, 0.717) is 35.5 Å². The molecule has 2 fully saturated rings. The van der Waals surface area contributed by atoms with E-state index in [4.69, 9.17) is 4.98 Å². The molecule has 5 rings (SSSR count). The van der Waals surface area contributed by atoms with Crippen molar-refractivity contribution in [2.24, 2.45) is 5.92 Å². The summed E-state index contributed by atoms with van der Waals surface area (Å²) in [5.41, 5.74) is 1.92. The van der Waals surface area contributed by atoms with E-state index >= 15 is 0 Å². The van der Waals surface area contributed by atoms with Crippen LogP contribution >= 0.6 is 11.3 Å². The molecule has 0 bridgehead atoms. The minimum absolute atomic E-state index is 0.0472. The van der Waals surface area contributed by atoms with E-state index in [1.54, 1.807) is 33.8 Å². The van der Waals surface area contributed by atoms with Gasteiger partial charge in [0.05, 0.1) is 26.5 Å². The molecule has 0 spiro atoms. The number of rotatable bonds is 4. The van der Waals surface area contributed by atoms with Gasteiger partial charge in [0.25, 0.3) is 5.91 Å². The fourth-order valence-electron chi connectivity index (χ4n) is 4.56. The van der Waals surface area contributed by atoms with Gasteiger partial charge in [-0.3, -0.25) is 4.79 Å². The van der Waals surface area contributed by atoms with Crippen LogP contribution in [0, 0.1) is 5.92 Å². The SMILES string of the molecule is CC1CCN(S(=O)(=O)c2ccc3nc(-c4cccs4)cc(C(=O)N4CCCC4)c3c2)CC1. The maximum Gasteiger partial charge on any atom is 0.254 e.